The molecule has 0 radical (unpaired) electrons. The molecule has 0 aliphatic heterocycles. The molecule has 0 aliphatic carbocycles. The van der Waals surface area contributed by atoms with Crippen LogP contribution >= 0.6 is 0 Å². The van der Waals surface area contributed by atoms with Crippen LogP contribution in [0.2, 0.25) is 0 Å². The van der Waals surface area contributed by atoms with Gasteiger partial charge in [-0.25, -0.2) is 9.59 Å². The molecule has 7 nitrogen and oxygen atoms in total. The second-order valence-corrected chi connectivity index (χ2v) is 4.76. The molecule has 1 rings (SSSR count). The Balaban J connectivity index is 2.70. The molecule has 0 heterocycles. The highest BCUT2D eigenvalue weighted by Crippen LogP contribution is 2.19. The minimum Gasteiger partial charge on any atom is -0.480 e. The summed E-state index contributed by atoms with van der Waals surface area (Å²) < 4.78 is 0. The summed E-state index contributed by atoms with van der Waals surface area (Å²) in [5.74, 6) is -1.83. The molecule has 0 aromatic heterocycles. The molecule has 21 heavy (non-hydrogen) atoms. The van der Waals surface area contributed by atoms with Gasteiger partial charge in [-0.2, -0.15) is 0 Å². The zero-order valence-corrected chi connectivity index (χ0v) is 12.0. The van der Waals surface area contributed by atoms with E-state index < -0.39 is 23.9 Å². The zero-order chi connectivity index (χ0) is 16.0. The van der Waals surface area contributed by atoms with Crippen molar-refractivity contribution in [2.45, 2.75) is 32.7 Å². The molecule has 0 aliphatic rings. The van der Waals surface area contributed by atoms with Gasteiger partial charge in [-0.05, 0) is 31.4 Å². The highest BCUT2D eigenvalue weighted by Gasteiger charge is 2.20. The summed E-state index contributed by atoms with van der Waals surface area (Å²) in [6.07, 6.45) is -0.161. The first kappa shape index (κ1) is 16.5. The van der Waals surface area contributed by atoms with Gasteiger partial charge in [0.05, 0.1) is 0 Å². The molecule has 114 valence electrons. The number of carbonyl (C=O) groups is 3. The third-order valence-electron chi connectivity index (χ3n) is 3.00. The van der Waals surface area contributed by atoms with E-state index in [1.807, 2.05) is 32.0 Å². The van der Waals surface area contributed by atoms with E-state index in [4.69, 9.17) is 10.8 Å². The lowest BCUT2D eigenvalue weighted by Gasteiger charge is -2.16. The summed E-state index contributed by atoms with van der Waals surface area (Å²) in [5, 5.41) is 14.0. The molecule has 7 heteroatoms. The van der Waals surface area contributed by atoms with Crippen molar-refractivity contribution in [3.8, 4) is 0 Å². The van der Waals surface area contributed by atoms with Crippen LogP contribution in [-0.2, 0) is 9.59 Å². The van der Waals surface area contributed by atoms with Gasteiger partial charge in [-0.15, -0.1) is 0 Å². The Hall–Kier alpha value is -2.57. The molecule has 1 aromatic rings. The number of nitrogens with two attached hydrogens (primary N) is 1. The first-order valence-electron chi connectivity index (χ1n) is 6.46. The van der Waals surface area contributed by atoms with Crippen molar-refractivity contribution in [2.24, 2.45) is 5.73 Å². The minimum atomic E-state index is -1.21. The predicted molar refractivity (Wildman–Crippen MR) is 77.9 cm³/mol. The second-order valence-electron chi connectivity index (χ2n) is 4.76. The summed E-state index contributed by atoms with van der Waals surface area (Å²) in [5.41, 5.74) is 7.35. The molecule has 3 amide bonds. The van der Waals surface area contributed by atoms with Crippen LogP contribution in [0.5, 0.6) is 0 Å². The number of hydrogen-bond donors (Lipinski definition) is 4. The largest absolute Gasteiger partial charge is 0.480 e. The summed E-state index contributed by atoms with van der Waals surface area (Å²) >= 11 is 0. The number of para-hydroxylation sites is 1. The van der Waals surface area contributed by atoms with Crippen molar-refractivity contribution in [1.82, 2.24) is 5.32 Å². The molecule has 0 fully saturated rings. The van der Waals surface area contributed by atoms with Crippen molar-refractivity contribution in [1.29, 1.82) is 0 Å². The maximum Gasteiger partial charge on any atom is 0.326 e. The third kappa shape index (κ3) is 5.13. The van der Waals surface area contributed by atoms with Gasteiger partial charge >= 0.3 is 12.0 Å². The number of amides is 3. The summed E-state index contributed by atoms with van der Waals surface area (Å²) in [6, 6.07) is 3.74. The van der Waals surface area contributed by atoms with Gasteiger partial charge < -0.3 is 21.5 Å². The topological polar surface area (TPSA) is 122 Å². The average Bonchev–Trinajstić information content (AvgIpc) is 2.38. The Morgan fingerprint density at radius 3 is 2.29 bits per heavy atom. The molecule has 0 saturated carbocycles. The van der Waals surface area contributed by atoms with E-state index in [2.05, 4.69) is 10.6 Å². The Morgan fingerprint density at radius 1 is 1.24 bits per heavy atom. The lowest BCUT2D eigenvalue weighted by molar-refractivity contribution is -0.139. The minimum absolute atomic E-state index is 0.0508. The first-order chi connectivity index (χ1) is 9.81. The van der Waals surface area contributed by atoms with E-state index in [-0.39, 0.29) is 12.8 Å². The lowest BCUT2D eigenvalue weighted by Crippen LogP contribution is -2.43. The molecule has 1 atom stereocenters. The number of nitrogens with one attached hydrogen (secondary N) is 2. The number of hydrogen-bond acceptors (Lipinski definition) is 3. The van der Waals surface area contributed by atoms with Crippen LogP contribution in [0.1, 0.15) is 24.0 Å². The average molecular weight is 293 g/mol. The van der Waals surface area contributed by atoms with Gasteiger partial charge in [0.25, 0.3) is 0 Å². The number of aliphatic carboxylic acids is 1. The van der Waals surface area contributed by atoms with Gasteiger partial charge in [0.15, 0.2) is 0 Å². The predicted octanol–water partition coefficient (Wildman–Crippen LogP) is 1.14. The maximum atomic E-state index is 11.9. The maximum absolute atomic E-state index is 11.9. The number of carboxylic acids is 1. The van der Waals surface area contributed by atoms with Crippen molar-refractivity contribution in [3.63, 3.8) is 0 Å². The number of carboxylic acid groups (broad SMARTS) is 1. The van der Waals surface area contributed by atoms with E-state index in [0.717, 1.165) is 11.1 Å². The van der Waals surface area contributed by atoms with Crippen molar-refractivity contribution >= 4 is 23.6 Å². The molecular weight excluding hydrogens is 274 g/mol. The number of rotatable bonds is 6. The number of benzene rings is 1. The van der Waals surface area contributed by atoms with Crippen molar-refractivity contribution in [3.05, 3.63) is 29.3 Å². The molecule has 0 spiro atoms. The van der Waals surface area contributed by atoms with E-state index in [0.29, 0.717) is 5.69 Å². The van der Waals surface area contributed by atoms with Crippen LogP contribution in [0, 0.1) is 13.8 Å². The van der Waals surface area contributed by atoms with E-state index in [1.54, 1.807) is 0 Å². The van der Waals surface area contributed by atoms with Gasteiger partial charge in [-0.1, -0.05) is 18.2 Å². The van der Waals surface area contributed by atoms with Gasteiger partial charge in [-0.3, -0.25) is 4.79 Å². The molecular formula is C14H19N3O4. The number of anilines is 1. The number of carbonyl (C=O) groups excluding carboxylic acids is 2. The lowest BCUT2D eigenvalue weighted by atomic mass is 10.1. The van der Waals surface area contributed by atoms with Gasteiger partial charge in [0.1, 0.15) is 6.04 Å². The number of aryl methyl sites for hydroxylation is 2. The van der Waals surface area contributed by atoms with E-state index in [9.17, 15) is 14.4 Å². The SMILES string of the molecule is Cc1cccc(C)c1NC(=O)N[C@@H](CCC(N)=O)C(=O)O. The quantitative estimate of drug-likeness (QED) is 0.628. The highest BCUT2D eigenvalue weighted by molar-refractivity contribution is 5.93. The van der Waals surface area contributed by atoms with Crippen LogP contribution in [0.3, 0.4) is 0 Å². The Labute approximate surface area is 122 Å². The van der Waals surface area contributed by atoms with Crippen molar-refractivity contribution < 1.29 is 19.5 Å². The van der Waals surface area contributed by atoms with E-state index in [1.165, 1.54) is 0 Å². The van der Waals surface area contributed by atoms with Gasteiger partial charge in [0.2, 0.25) is 5.91 Å². The smallest absolute Gasteiger partial charge is 0.326 e. The molecule has 1 aromatic carbocycles. The Kier molecular flexibility index (Phi) is 5.71. The van der Waals surface area contributed by atoms with Crippen molar-refractivity contribution in [2.75, 3.05) is 5.32 Å². The Morgan fingerprint density at radius 2 is 1.81 bits per heavy atom. The normalized spacial score (nSPS) is 11.5. The molecule has 0 saturated heterocycles. The third-order valence-corrected chi connectivity index (χ3v) is 3.00. The number of urea groups is 1. The fourth-order valence-corrected chi connectivity index (χ4v) is 1.86. The fraction of sp³-hybridized carbons (Fsp3) is 0.357. The molecule has 0 unspecified atom stereocenters. The monoisotopic (exact) mass is 293 g/mol. The zero-order valence-electron chi connectivity index (χ0n) is 12.0. The fourth-order valence-electron chi connectivity index (χ4n) is 1.86. The second kappa shape index (κ2) is 7.28. The summed E-state index contributed by atoms with van der Waals surface area (Å²) in [7, 11) is 0. The van der Waals surface area contributed by atoms with Crippen LogP contribution in [0.4, 0.5) is 10.5 Å². The standard InChI is InChI=1S/C14H19N3O4/c1-8-4-3-5-9(2)12(8)17-14(21)16-10(13(19)20)6-7-11(15)18/h3-5,10H,6-7H2,1-2H3,(H2,15,18)(H,19,20)(H2,16,17,21)/t10-/m0/s1. The van der Waals surface area contributed by atoms with E-state index >= 15 is 0 Å². The Bertz CT molecular complexity index is 537. The molecule has 0 bridgehead atoms. The van der Waals surface area contributed by atoms with Crippen LogP contribution in [0.15, 0.2) is 18.2 Å². The first-order valence-corrected chi connectivity index (χ1v) is 6.46. The van der Waals surface area contributed by atoms with Crippen LogP contribution < -0.4 is 16.4 Å². The summed E-state index contributed by atoms with van der Waals surface area (Å²) in [4.78, 5) is 33.6. The summed E-state index contributed by atoms with van der Waals surface area (Å²) in [6.45, 7) is 3.68. The van der Waals surface area contributed by atoms with Gasteiger partial charge in [0, 0.05) is 12.1 Å². The van der Waals surface area contributed by atoms with Crippen LogP contribution in [0.25, 0.3) is 0 Å². The highest BCUT2D eigenvalue weighted by atomic mass is 16.4. The molecule has 5 N–H and O–H groups in total. The number of primary amides is 1. The van der Waals surface area contributed by atoms with Crippen LogP contribution in [-0.4, -0.2) is 29.1 Å².